The van der Waals surface area contributed by atoms with Gasteiger partial charge < -0.3 is 9.64 Å². The van der Waals surface area contributed by atoms with Gasteiger partial charge in [-0.05, 0) is 41.6 Å². The van der Waals surface area contributed by atoms with Crippen LogP contribution in [0.1, 0.15) is 5.69 Å². The van der Waals surface area contributed by atoms with Crippen molar-refractivity contribution in [2.45, 2.75) is 6.92 Å². The first-order valence-electron chi connectivity index (χ1n) is 5.72. The minimum atomic E-state index is 0.818. The fourth-order valence-electron chi connectivity index (χ4n) is 2.13. The molecule has 5 heteroatoms. The Kier molecular flexibility index (Phi) is 2.96. The summed E-state index contributed by atoms with van der Waals surface area (Å²) in [6.07, 6.45) is 2.17. The van der Waals surface area contributed by atoms with Gasteiger partial charge in [-0.1, -0.05) is 0 Å². The number of aromatic nitrogens is 2. The molecular weight excluding hydrogens is 329 g/mol. The van der Waals surface area contributed by atoms with Gasteiger partial charge in [0.2, 0.25) is 0 Å². The molecule has 3 heterocycles. The van der Waals surface area contributed by atoms with Crippen molar-refractivity contribution < 1.29 is 4.74 Å². The number of morpholine rings is 1. The van der Waals surface area contributed by atoms with E-state index in [1.165, 1.54) is 9.39 Å². The third-order valence-corrected chi connectivity index (χ3v) is 4.38. The molecule has 17 heavy (non-hydrogen) atoms. The third-order valence-electron chi connectivity index (χ3n) is 3.08. The molecular formula is C12H14IN3O. The average Bonchev–Trinajstić information content (AvgIpc) is 2.66. The SMILES string of the molecule is Cc1nc2ccc(N3CCOCC3)cn2c1I. The minimum Gasteiger partial charge on any atom is -0.378 e. The first-order chi connectivity index (χ1) is 8.25. The zero-order valence-corrected chi connectivity index (χ0v) is 11.8. The van der Waals surface area contributed by atoms with Gasteiger partial charge in [0.1, 0.15) is 9.35 Å². The number of imidazole rings is 1. The maximum atomic E-state index is 5.37. The summed E-state index contributed by atoms with van der Waals surface area (Å²) >= 11 is 2.34. The van der Waals surface area contributed by atoms with Crippen molar-refractivity contribution in [3.05, 3.63) is 27.7 Å². The molecule has 0 bridgehead atoms. The van der Waals surface area contributed by atoms with Crippen LogP contribution in [0.3, 0.4) is 0 Å². The summed E-state index contributed by atoms with van der Waals surface area (Å²) in [6.45, 7) is 5.62. The lowest BCUT2D eigenvalue weighted by Gasteiger charge is -2.28. The van der Waals surface area contributed by atoms with Crippen LogP contribution >= 0.6 is 22.6 Å². The summed E-state index contributed by atoms with van der Waals surface area (Å²) in [7, 11) is 0. The first-order valence-corrected chi connectivity index (χ1v) is 6.80. The maximum absolute atomic E-state index is 5.37. The topological polar surface area (TPSA) is 29.8 Å². The van der Waals surface area contributed by atoms with Gasteiger partial charge in [-0.25, -0.2) is 4.98 Å². The predicted octanol–water partition coefficient (Wildman–Crippen LogP) is 2.08. The van der Waals surface area contributed by atoms with Crippen LogP contribution in [0.5, 0.6) is 0 Å². The van der Waals surface area contributed by atoms with Crippen LogP contribution in [0.15, 0.2) is 18.3 Å². The number of nitrogens with zero attached hydrogens (tertiary/aromatic N) is 3. The lowest BCUT2D eigenvalue weighted by molar-refractivity contribution is 0.122. The van der Waals surface area contributed by atoms with Crippen LogP contribution < -0.4 is 4.90 Å². The molecule has 0 amide bonds. The molecule has 0 atom stereocenters. The van der Waals surface area contributed by atoms with Crippen molar-refractivity contribution in [3.8, 4) is 0 Å². The number of anilines is 1. The van der Waals surface area contributed by atoms with Crippen molar-refractivity contribution in [3.63, 3.8) is 0 Å². The fourth-order valence-corrected chi connectivity index (χ4v) is 2.64. The van der Waals surface area contributed by atoms with Crippen LogP contribution in [0, 0.1) is 10.6 Å². The molecule has 0 aromatic carbocycles. The van der Waals surface area contributed by atoms with Gasteiger partial charge in [0.25, 0.3) is 0 Å². The van der Waals surface area contributed by atoms with E-state index in [2.05, 4.69) is 55.2 Å². The van der Waals surface area contributed by atoms with E-state index in [4.69, 9.17) is 4.74 Å². The molecule has 0 spiro atoms. The molecule has 3 rings (SSSR count). The summed E-state index contributed by atoms with van der Waals surface area (Å²) in [5.74, 6) is 0. The molecule has 1 fully saturated rings. The molecule has 90 valence electrons. The van der Waals surface area contributed by atoms with Crippen molar-refractivity contribution >= 4 is 33.9 Å². The monoisotopic (exact) mass is 343 g/mol. The summed E-state index contributed by atoms with van der Waals surface area (Å²) in [5.41, 5.74) is 3.35. The lowest BCUT2D eigenvalue weighted by Crippen LogP contribution is -2.36. The Morgan fingerprint density at radius 3 is 2.82 bits per heavy atom. The lowest BCUT2D eigenvalue weighted by atomic mass is 10.3. The number of hydrogen-bond acceptors (Lipinski definition) is 3. The van der Waals surface area contributed by atoms with Gasteiger partial charge in [0.05, 0.1) is 24.6 Å². The number of pyridine rings is 1. The Labute approximate surface area is 114 Å². The van der Waals surface area contributed by atoms with E-state index in [0.29, 0.717) is 0 Å². The number of aryl methyl sites for hydroxylation is 1. The molecule has 0 radical (unpaired) electrons. The van der Waals surface area contributed by atoms with Crippen LogP contribution in [-0.4, -0.2) is 35.7 Å². The highest BCUT2D eigenvalue weighted by Crippen LogP contribution is 2.20. The van der Waals surface area contributed by atoms with E-state index in [0.717, 1.165) is 37.6 Å². The van der Waals surface area contributed by atoms with Crippen molar-refractivity contribution in [2.75, 3.05) is 31.2 Å². The molecule has 0 aliphatic carbocycles. The van der Waals surface area contributed by atoms with E-state index in [1.54, 1.807) is 0 Å². The summed E-state index contributed by atoms with van der Waals surface area (Å²) in [6, 6.07) is 4.23. The number of rotatable bonds is 1. The van der Waals surface area contributed by atoms with Gasteiger partial charge in [-0.15, -0.1) is 0 Å². The number of halogens is 1. The van der Waals surface area contributed by atoms with Gasteiger partial charge in [0, 0.05) is 19.3 Å². The van der Waals surface area contributed by atoms with Crippen molar-refractivity contribution in [2.24, 2.45) is 0 Å². The van der Waals surface area contributed by atoms with E-state index < -0.39 is 0 Å². The van der Waals surface area contributed by atoms with Crippen LogP contribution in [0.4, 0.5) is 5.69 Å². The average molecular weight is 343 g/mol. The first kappa shape index (κ1) is 11.3. The van der Waals surface area contributed by atoms with Crippen LogP contribution in [0.2, 0.25) is 0 Å². The molecule has 4 nitrogen and oxygen atoms in total. The molecule has 0 N–H and O–H groups in total. The van der Waals surface area contributed by atoms with Crippen LogP contribution in [-0.2, 0) is 4.74 Å². The summed E-state index contributed by atoms with van der Waals surface area (Å²) < 4.78 is 8.72. The quantitative estimate of drug-likeness (QED) is 0.743. The Hall–Kier alpha value is -0.820. The van der Waals surface area contributed by atoms with Gasteiger partial charge in [0.15, 0.2) is 0 Å². The predicted molar refractivity (Wildman–Crippen MR) is 75.7 cm³/mol. The Balaban J connectivity index is 2.02. The molecule has 1 saturated heterocycles. The zero-order chi connectivity index (χ0) is 11.8. The van der Waals surface area contributed by atoms with E-state index >= 15 is 0 Å². The third kappa shape index (κ3) is 2.01. The summed E-state index contributed by atoms with van der Waals surface area (Å²) in [4.78, 5) is 6.87. The normalized spacial score (nSPS) is 16.7. The standard InChI is InChI=1S/C12H14IN3O/c1-9-12(13)16-8-10(2-3-11(16)14-9)15-4-6-17-7-5-15/h2-3,8H,4-7H2,1H3. The second-order valence-electron chi connectivity index (χ2n) is 4.20. The van der Waals surface area contributed by atoms with E-state index in [1.807, 2.05) is 6.92 Å². The molecule has 0 saturated carbocycles. The second kappa shape index (κ2) is 4.45. The van der Waals surface area contributed by atoms with Gasteiger partial charge in [-0.2, -0.15) is 0 Å². The van der Waals surface area contributed by atoms with Crippen LogP contribution in [0.25, 0.3) is 5.65 Å². The largest absolute Gasteiger partial charge is 0.378 e. The Morgan fingerprint density at radius 2 is 2.06 bits per heavy atom. The van der Waals surface area contributed by atoms with Gasteiger partial charge >= 0.3 is 0 Å². The molecule has 1 aliphatic rings. The highest BCUT2D eigenvalue weighted by molar-refractivity contribution is 14.1. The molecule has 0 unspecified atom stereocenters. The number of ether oxygens (including phenoxy) is 1. The molecule has 1 aliphatic heterocycles. The van der Waals surface area contributed by atoms with E-state index in [9.17, 15) is 0 Å². The summed E-state index contributed by atoms with van der Waals surface area (Å²) in [5, 5.41) is 0. The van der Waals surface area contributed by atoms with Crippen molar-refractivity contribution in [1.82, 2.24) is 9.38 Å². The molecule has 2 aromatic heterocycles. The minimum absolute atomic E-state index is 0.818. The number of fused-ring (bicyclic) bond motifs is 1. The van der Waals surface area contributed by atoms with E-state index in [-0.39, 0.29) is 0 Å². The van der Waals surface area contributed by atoms with Gasteiger partial charge in [-0.3, -0.25) is 4.40 Å². The highest BCUT2D eigenvalue weighted by atomic mass is 127. The highest BCUT2D eigenvalue weighted by Gasteiger charge is 2.13. The zero-order valence-electron chi connectivity index (χ0n) is 9.69. The Morgan fingerprint density at radius 1 is 1.29 bits per heavy atom. The smallest absolute Gasteiger partial charge is 0.137 e. The number of hydrogen-bond donors (Lipinski definition) is 0. The fraction of sp³-hybridized carbons (Fsp3) is 0.417. The second-order valence-corrected chi connectivity index (χ2v) is 5.22. The molecule has 2 aromatic rings. The Bertz CT molecular complexity index is 546. The van der Waals surface area contributed by atoms with Crippen molar-refractivity contribution in [1.29, 1.82) is 0 Å². The maximum Gasteiger partial charge on any atom is 0.137 e.